The van der Waals surface area contributed by atoms with Crippen molar-refractivity contribution >= 4 is 17.4 Å². The van der Waals surface area contributed by atoms with Gasteiger partial charge in [0.15, 0.2) is 11.6 Å². The number of nitro groups is 1. The number of carbonyl (C=O) groups excluding carboxylic acids is 1. The van der Waals surface area contributed by atoms with E-state index in [2.05, 4.69) is 10.3 Å². The van der Waals surface area contributed by atoms with Crippen LogP contribution < -0.4 is 10.1 Å². The Kier molecular flexibility index (Phi) is 4.55. The molecule has 98 valence electrons. The molecular formula is C10H13N3O5. The van der Waals surface area contributed by atoms with E-state index in [1.54, 1.807) is 6.92 Å². The molecule has 1 heterocycles. The molecule has 1 atom stereocenters. The zero-order chi connectivity index (χ0) is 13.7. The van der Waals surface area contributed by atoms with Gasteiger partial charge in [0.1, 0.15) is 12.3 Å². The van der Waals surface area contributed by atoms with Gasteiger partial charge in [0.2, 0.25) is 0 Å². The summed E-state index contributed by atoms with van der Waals surface area (Å²) in [6.07, 6.45) is 0.377. The lowest BCUT2D eigenvalue weighted by molar-refractivity contribution is -0.385. The minimum absolute atomic E-state index is 0.108. The predicted octanol–water partition coefficient (Wildman–Crippen LogP) is 0.972. The number of anilines is 1. The van der Waals surface area contributed by atoms with E-state index in [-0.39, 0.29) is 17.3 Å². The average molecular weight is 255 g/mol. The van der Waals surface area contributed by atoms with Crippen LogP contribution in [0.4, 0.5) is 11.5 Å². The molecule has 0 bridgehead atoms. The fourth-order valence-electron chi connectivity index (χ4n) is 1.11. The van der Waals surface area contributed by atoms with Crippen molar-refractivity contribution in [2.45, 2.75) is 13.0 Å². The highest BCUT2D eigenvalue weighted by atomic mass is 16.6. The lowest BCUT2D eigenvalue weighted by atomic mass is 10.3. The molecule has 0 aromatic carbocycles. The first kappa shape index (κ1) is 13.8. The maximum Gasteiger partial charge on any atom is 0.291 e. The van der Waals surface area contributed by atoms with Gasteiger partial charge in [0.05, 0.1) is 18.1 Å². The lowest BCUT2D eigenvalue weighted by Crippen LogP contribution is -2.27. The van der Waals surface area contributed by atoms with Crippen molar-refractivity contribution in [2.24, 2.45) is 0 Å². The molecule has 1 aromatic heterocycles. The Labute approximate surface area is 103 Å². The largest absolute Gasteiger partial charge is 0.493 e. The highest BCUT2D eigenvalue weighted by Gasteiger charge is 2.17. The van der Waals surface area contributed by atoms with E-state index < -0.39 is 16.9 Å². The highest BCUT2D eigenvalue weighted by molar-refractivity contribution is 5.94. The fraction of sp³-hybridized carbons (Fsp3) is 0.400. The molecule has 8 nitrogen and oxygen atoms in total. The maximum absolute atomic E-state index is 11.6. The Morgan fingerprint density at radius 1 is 1.56 bits per heavy atom. The first-order chi connectivity index (χ1) is 8.49. The molecule has 8 heteroatoms. The molecule has 1 N–H and O–H groups in total. The highest BCUT2D eigenvalue weighted by Crippen LogP contribution is 2.26. The number of amides is 1. The van der Waals surface area contributed by atoms with Crippen LogP contribution in [0.15, 0.2) is 12.3 Å². The number of rotatable bonds is 5. The summed E-state index contributed by atoms with van der Waals surface area (Å²) in [5, 5.41) is 13.0. The Morgan fingerprint density at radius 2 is 2.22 bits per heavy atom. The zero-order valence-corrected chi connectivity index (χ0v) is 10.2. The van der Waals surface area contributed by atoms with E-state index in [4.69, 9.17) is 9.47 Å². The molecule has 0 fully saturated rings. The number of aromatic nitrogens is 1. The van der Waals surface area contributed by atoms with Crippen molar-refractivity contribution in [1.29, 1.82) is 0 Å². The fourth-order valence-corrected chi connectivity index (χ4v) is 1.11. The second-order valence-electron chi connectivity index (χ2n) is 3.37. The smallest absolute Gasteiger partial charge is 0.291 e. The van der Waals surface area contributed by atoms with Crippen LogP contribution in [0.3, 0.4) is 0 Å². The van der Waals surface area contributed by atoms with Gasteiger partial charge in [-0.1, -0.05) is 0 Å². The third-order valence-corrected chi connectivity index (χ3v) is 2.23. The molecule has 0 aliphatic rings. The second-order valence-corrected chi connectivity index (χ2v) is 3.37. The zero-order valence-electron chi connectivity index (χ0n) is 10.2. The minimum atomic E-state index is -0.660. The molecule has 0 saturated heterocycles. The topological polar surface area (TPSA) is 104 Å². The summed E-state index contributed by atoms with van der Waals surface area (Å²) < 4.78 is 9.76. The predicted molar refractivity (Wildman–Crippen MR) is 62.5 cm³/mol. The monoisotopic (exact) mass is 255 g/mol. The van der Waals surface area contributed by atoms with Crippen LogP contribution in [-0.2, 0) is 9.53 Å². The molecule has 0 radical (unpaired) electrons. The molecule has 0 spiro atoms. The third kappa shape index (κ3) is 3.14. The number of pyridine rings is 1. The molecular weight excluding hydrogens is 242 g/mol. The molecule has 1 rings (SSSR count). The summed E-state index contributed by atoms with van der Waals surface area (Å²) >= 11 is 0. The van der Waals surface area contributed by atoms with Gasteiger partial charge in [-0.05, 0) is 6.92 Å². The van der Waals surface area contributed by atoms with Crippen LogP contribution in [-0.4, -0.2) is 36.1 Å². The summed E-state index contributed by atoms with van der Waals surface area (Å²) in [6, 6.07) is 1.18. The number of carbonyl (C=O) groups is 1. The number of nitrogens with one attached hydrogen (secondary N) is 1. The van der Waals surface area contributed by atoms with Crippen molar-refractivity contribution in [3.8, 4) is 5.75 Å². The average Bonchev–Trinajstić information content (AvgIpc) is 2.37. The molecule has 0 saturated carbocycles. The summed E-state index contributed by atoms with van der Waals surface area (Å²) in [5.41, 5.74) is -0.218. The van der Waals surface area contributed by atoms with Gasteiger partial charge in [-0.15, -0.1) is 0 Å². The van der Waals surface area contributed by atoms with E-state index in [1.807, 2.05) is 0 Å². The molecule has 18 heavy (non-hydrogen) atoms. The number of nitrogens with zero attached hydrogens (tertiary/aromatic N) is 2. The molecule has 0 aliphatic heterocycles. The summed E-state index contributed by atoms with van der Waals surface area (Å²) in [5.74, 6) is -0.199. The standard InChI is InChI=1S/C10H13N3O5/c1-6(17-2)10(14)12-9-8(18-3)4-7(5-11-9)13(15)16/h4-6H,1-3H3,(H,11,12,14). The van der Waals surface area contributed by atoms with Crippen LogP contribution in [0.25, 0.3) is 0 Å². The van der Waals surface area contributed by atoms with E-state index in [9.17, 15) is 14.9 Å². The SMILES string of the molecule is COc1cc([N+](=O)[O-])cnc1NC(=O)C(C)OC. The number of ether oxygens (including phenoxy) is 2. The summed E-state index contributed by atoms with van der Waals surface area (Å²) in [6.45, 7) is 1.56. The first-order valence-corrected chi connectivity index (χ1v) is 5.01. The minimum Gasteiger partial charge on any atom is -0.493 e. The van der Waals surface area contributed by atoms with Crippen molar-refractivity contribution < 1.29 is 19.2 Å². The molecule has 1 aromatic rings. The van der Waals surface area contributed by atoms with Gasteiger partial charge in [0, 0.05) is 7.11 Å². The Morgan fingerprint density at radius 3 is 2.72 bits per heavy atom. The number of hydrogen-bond acceptors (Lipinski definition) is 6. The number of methoxy groups -OCH3 is 2. The Bertz CT molecular complexity index is 463. The number of hydrogen-bond donors (Lipinski definition) is 1. The van der Waals surface area contributed by atoms with Crippen molar-refractivity contribution in [3.05, 3.63) is 22.4 Å². The van der Waals surface area contributed by atoms with Crippen molar-refractivity contribution in [3.63, 3.8) is 0 Å². The van der Waals surface area contributed by atoms with Gasteiger partial charge in [-0.25, -0.2) is 4.98 Å². The van der Waals surface area contributed by atoms with E-state index in [0.717, 1.165) is 6.20 Å². The van der Waals surface area contributed by atoms with Gasteiger partial charge >= 0.3 is 0 Å². The van der Waals surface area contributed by atoms with Crippen LogP contribution in [0.5, 0.6) is 5.75 Å². The van der Waals surface area contributed by atoms with Crippen LogP contribution in [0.1, 0.15) is 6.92 Å². The molecule has 0 aliphatic carbocycles. The van der Waals surface area contributed by atoms with Gasteiger partial charge in [-0.2, -0.15) is 0 Å². The molecule has 1 unspecified atom stereocenters. The van der Waals surface area contributed by atoms with Crippen molar-refractivity contribution in [2.75, 3.05) is 19.5 Å². The molecule has 1 amide bonds. The summed E-state index contributed by atoms with van der Waals surface area (Å²) in [4.78, 5) is 25.3. The van der Waals surface area contributed by atoms with Crippen LogP contribution in [0.2, 0.25) is 0 Å². The van der Waals surface area contributed by atoms with Gasteiger partial charge < -0.3 is 14.8 Å². The van der Waals surface area contributed by atoms with Gasteiger partial charge in [0.25, 0.3) is 11.6 Å². The maximum atomic E-state index is 11.6. The second kappa shape index (κ2) is 5.92. The first-order valence-electron chi connectivity index (χ1n) is 5.01. The normalized spacial score (nSPS) is 11.7. The third-order valence-electron chi connectivity index (χ3n) is 2.23. The van der Waals surface area contributed by atoms with Gasteiger partial charge in [-0.3, -0.25) is 14.9 Å². The van der Waals surface area contributed by atoms with Crippen LogP contribution >= 0.6 is 0 Å². The van der Waals surface area contributed by atoms with E-state index in [1.165, 1.54) is 20.3 Å². The Hall–Kier alpha value is -2.22. The van der Waals surface area contributed by atoms with E-state index in [0.29, 0.717) is 0 Å². The quantitative estimate of drug-likeness (QED) is 0.621. The van der Waals surface area contributed by atoms with Crippen LogP contribution in [0, 0.1) is 10.1 Å². The Balaban J connectivity index is 2.96. The lowest BCUT2D eigenvalue weighted by Gasteiger charge is -2.11. The van der Waals surface area contributed by atoms with E-state index >= 15 is 0 Å². The van der Waals surface area contributed by atoms with Crippen molar-refractivity contribution in [1.82, 2.24) is 4.98 Å². The summed E-state index contributed by atoms with van der Waals surface area (Å²) in [7, 11) is 2.72.